The van der Waals surface area contributed by atoms with Gasteiger partial charge in [-0.2, -0.15) is 0 Å². The van der Waals surface area contributed by atoms with E-state index in [1.165, 1.54) is 0 Å². The molecule has 2 heterocycles. The zero-order valence-corrected chi connectivity index (χ0v) is 16.1. The Morgan fingerprint density at radius 1 is 1.18 bits per heavy atom. The molecule has 0 spiro atoms. The fraction of sp³-hybridized carbons (Fsp3) is 0.364. The predicted octanol–water partition coefficient (Wildman–Crippen LogP) is 2.18. The molecule has 146 valence electrons. The average molecular weight is 380 g/mol. The summed E-state index contributed by atoms with van der Waals surface area (Å²) in [6.07, 6.45) is -0.146. The lowest BCUT2D eigenvalue weighted by Gasteiger charge is -2.41. The number of carbonyl (C=O) groups excluding carboxylic acids is 2. The van der Waals surface area contributed by atoms with Gasteiger partial charge >= 0.3 is 0 Å². The lowest BCUT2D eigenvalue weighted by Crippen LogP contribution is -2.54. The van der Waals surface area contributed by atoms with Crippen molar-refractivity contribution >= 4 is 11.8 Å². The van der Waals surface area contributed by atoms with Crippen LogP contribution in [0.15, 0.2) is 42.5 Å². The molecule has 28 heavy (non-hydrogen) atoms. The molecule has 6 heteroatoms. The SMILES string of the molecule is Cc1ccccc1[C@@H]1[C@@H](C(=O)N2CCc3c(O)cccc3C2)OCC(=O)N1C. The predicted molar refractivity (Wildman–Crippen MR) is 104 cm³/mol. The summed E-state index contributed by atoms with van der Waals surface area (Å²) in [7, 11) is 1.73. The molecular formula is C22H24N2O4. The van der Waals surface area contributed by atoms with Crippen molar-refractivity contribution in [3.05, 3.63) is 64.7 Å². The molecule has 4 rings (SSSR count). The lowest BCUT2D eigenvalue weighted by molar-refractivity contribution is -0.168. The average Bonchev–Trinajstić information content (AvgIpc) is 2.70. The molecule has 2 aliphatic heterocycles. The number of nitrogens with zero attached hydrogens (tertiary/aromatic N) is 2. The topological polar surface area (TPSA) is 70.1 Å². The van der Waals surface area contributed by atoms with Crippen LogP contribution in [-0.4, -0.2) is 53.0 Å². The maximum atomic E-state index is 13.4. The minimum Gasteiger partial charge on any atom is -0.508 e. The molecule has 0 unspecified atom stereocenters. The molecule has 2 amide bonds. The molecule has 1 fully saturated rings. The number of phenolic OH excluding ortho intramolecular Hbond substituents is 1. The molecule has 6 nitrogen and oxygen atoms in total. The Hall–Kier alpha value is -2.86. The van der Waals surface area contributed by atoms with E-state index in [0.717, 1.165) is 22.3 Å². The molecule has 0 bridgehead atoms. The second-order valence-corrected chi connectivity index (χ2v) is 7.46. The van der Waals surface area contributed by atoms with Crippen LogP contribution < -0.4 is 0 Å². The first-order chi connectivity index (χ1) is 13.5. The van der Waals surface area contributed by atoms with Gasteiger partial charge < -0.3 is 19.6 Å². The molecule has 0 radical (unpaired) electrons. The minimum atomic E-state index is -0.748. The number of aryl methyl sites for hydroxylation is 1. The summed E-state index contributed by atoms with van der Waals surface area (Å²) < 4.78 is 5.78. The van der Waals surface area contributed by atoms with Gasteiger partial charge in [-0.15, -0.1) is 0 Å². The van der Waals surface area contributed by atoms with E-state index in [2.05, 4.69) is 0 Å². The van der Waals surface area contributed by atoms with Crippen molar-refractivity contribution in [1.29, 1.82) is 0 Å². The van der Waals surface area contributed by atoms with E-state index in [0.29, 0.717) is 19.5 Å². The highest BCUT2D eigenvalue weighted by atomic mass is 16.5. The molecule has 1 saturated heterocycles. The van der Waals surface area contributed by atoms with E-state index < -0.39 is 12.1 Å². The van der Waals surface area contributed by atoms with Crippen molar-refractivity contribution in [3.63, 3.8) is 0 Å². The molecular weight excluding hydrogens is 356 g/mol. The Labute approximate surface area is 164 Å². The van der Waals surface area contributed by atoms with Gasteiger partial charge in [-0.3, -0.25) is 9.59 Å². The smallest absolute Gasteiger partial charge is 0.254 e. The maximum absolute atomic E-state index is 13.4. The van der Waals surface area contributed by atoms with Crippen LogP contribution in [0.4, 0.5) is 0 Å². The minimum absolute atomic E-state index is 0.0967. The number of rotatable bonds is 2. The molecule has 2 atom stereocenters. The van der Waals surface area contributed by atoms with Crippen molar-refractivity contribution in [2.45, 2.75) is 32.0 Å². The van der Waals surface area contributed by atoms with Crippen LogP contribution in [0, 0.1) is 6.92 Å². The quantitative estimate of drug-likeness (QED) is 0.867. The Morgan fingerprint density at radius 3 is 2.75 bits per heavy atom. The Bertz CT molecular complexity index is 927. The highest BCUT2D eigenvalue weighted by Crippen LogP contribution is 2.34. The van der Waals surface area contributed by atoms with Gasteiger partial charge in [-0.05, 0) is 36.1 Å². The second kappa shape index (κ2) is 7.28. The largest absolute Gasteiger partial charge is 0.508 e. The van der Waals surface area contributed by atoms with Gasteiger partial charge in [0.15, 0.2) is 6.10 Å². The van der Waals surface area contributed by atoms with Gasteiger partial charge in [-0.25, -0.2) is 0 Å². The standard InChI is InChI=1S/C22H24N2O4/c1-14-6-3-4-8-16(14)20-21(28-13-19(26)23(20)2)22(27)24-11-10-17-15(12-24)7-5-9-18(17)25/h3-9,20-21,25H,10-13H2,1-2H3/t20-,21+/m1/s1. The maximum Gasteiger partial charge on any atom is 0.254 e. The van der Waals surface area contributed by atoms with Crippen molar-refractivity contribution in [2.75, 3.05) is 20.2 Å². The Balaban J connectivity index is 1.64. The molecule has 2 aliphatic rings. The summed E-state index contributed by atoms with van der Waals surface area (Å²) in [4.78, 5) is 29.1. The van der Waals surface area contributed by atoms with E-state index >= 15 is 0 Å². The van der Waals surface area contributed by atoms with Crippen LogP contribution in [0.2, 0.25) is 0 Å². The van der Waals surface area contributed by atoms with E-state index in [-0.39, 0.29) is 24.2 Å². The first-order valence-electron chi connectivity index (χ1n) is 9.48. The number of benzene rings is 2. The third-order valence-electron chi connectivity index (χ3n) is 5.79. The summed E-state index contributed by atoms with van der Waals surface area (Å²) in [6.45, 7) is 2.83. The fourth-order valence-corrected chi connectivity index (χ4v) is 4.17. The Kier molecular flexibility index (Phi) is 4.81. The number of ether oxygens (including phenoxy) is 1. The number of carbonyl (C=O) groups is 2. The number of hydrogen-bond acceptors (Lipinski definition) is 4. The van der Waals surface area contributed by atoms with E-state index in [4.69, 9.17) is 4.74 Å². The summed E-state index contributed by atoms with van der Waals surface area (Å²) >= 11 is 0. The normalized spacial score (nSPS) is 22.1. The van der Waals surface area contributed by atoms with Gasteiger partial charge in [0.2, 0.25) is 5.91 Å². The first kappa shape index (κ1) is 18.5. The summed E-state index contributed by atoms with van der Waals surface area (Å²) in [5, 5.41) is 10.0. The summed E-state index contributed by atoms with van der Waals surface area (Å²) in [6, 6.07) is 12.7. The fourth-order valence-electron chi connectivity index (χ4n) is 4.17. The Morgan fingerprint density at radius 2 is 1.96 bits per heavy atom. The summed E-state index contributed by atoms with van der Waals surface area (Å²) in [5.41, 5.74) is 3.79. The number of hydrogen-bond donors (Lipinski definition) is 1. The van der Waals surface area contributed by atoms with Gasteiger partial charge in [-0.1, -0.05) is 36.4 Å². The number of amides is 2. The van der Waals surface area contributed by atoms with Crippen molar-refractivity contribution in [3.8, 4) is 5.75 Å². The third kappa shape index (κ3) is 3.14. The van der Waals surface area contributed by atoms with Gasteiger partial charge in [0.05, 0.1) is 6.04 Å². The molecule has 2 aromatic rings. The molecule has 0 aliphatic carbocycles. The van der Waals surface area contributed by atoms with E-state index in [1.807, 2.05) is 37.3 Å². The second-order valence-electron chi connectivity index (χ2n) is 7.46. The van der Waals surface area contributed by atoms with Gasteiger partial charge in [0, 0.05) is 25.7 Å². The molecule has 0 saturated carbocycles. The van der Waals surface area contributed by atoms with Crippen LogP contribution in [-0.2, 0) is 27.3 Å². The highest BCUT2D eigenvalue weighted by molar-refractivity contribution is 5.86. The molecule has 2 aromatic carbocycles. The van der Waals surface area contributed by atoms with Crippen molar-refractivity contribution < 1.29 is 19.4 Å². The van der Waals surface area contributed by atoms with Crippen molar-refractivity contribution in [2.24, 2.45) is 0 Å². The number of likely N-dealkylation sites (N-methyl/N-ethyl adjacent to an activating group) is 1. The highest BCUT2D eigenvalue weighted by Gasteiger charge is 2.42. The lowest BCUT2D eigenvalue weighted by atomic mass is 9.92. The molecule has 0 aromatic heterocycles. The number of phenols is 1. The zero-order valence-electron chi connectivity index (χ0n) is 16.1. The first-order valence-corrected chi connectivity index (χ1v) is 9.48. The number of fused-ring (bicyclic) bond motifs is 1. The zero-order chi connectivity index (χ0) is 19.8. The third-order valence-corrected chi connectivity index (χ3v) is 5.79. The molecule has 1 N–H and O–H groups in total. The van der Waals surface area contributed by atoms with Gasteiger partial charge in [0.25, 0.3) is 5.91 Å². The van der Waals surface area contributed by atoms with Crippen molar-refractivity contribution in [1.82, 2.24) is 9.80 Å². The van der Waals surface area contributed by atoms with Crippen LogP contribution in [0.25, 0.3) is 0 Å². The van der Waals surface area contributed by atoms with Crippen LogP contribution in [0.3, 0.4) is 0 Å². The van der Waals surface area contributed by atoms with E-state index in [9.17, 15) is 14.7 Å². The van der Waals surface area contributed by atoms with Crippen LogP contribution >= 0.6 is 0 Å². The van der Waals surface area contributed by atoms with Crippen LogP contribution in [0.5, 0.6) is 5.75 Å². The summed E-state index contributed by atoms with van der Waals surface area (Å²) in [5.74, 6) is 0.0226. The van der Waals surface area contributed by atoms with Crippen LogP contribution in [0.1, 0.15) is 28.3 Å². The number of morpholine rings is 1. The van der Waals surface area contributed by atoms with E-state index in [1.54, 1.807) is 29.0 Å². The number of aromatic hydroxyl groups is 1. The monoisotopic (exact) mass is 380 g/mol. The van der Waals surface area contributed by atoms with Gasteiger partial charge in [0.1, 0.15) is 12.4 Å².